The zero-order chi connectivity index (χ0) is 16.7. The monoisotopic (exact) mass is 312 g/mol. The third kappa shape index (κ3) is 4.03. The lowest BCUT2D eigenvalue weighted by Gasteiger charge is -2.04. The van der Waals surface area contributed by atoms with Gasteiger partial charge in [-0.1, -0.05) is 47.6 Å². The van der Waals surface area contributed by atoms with Crippen LogP contribution in [-0.4, -0.2) is 23.1 Å². The van der Waals surface area contributed by atoms with E-state index in [1.165, 1.54) is 24.3 Å². The molecule has 8 heteroatoms. The van der Waals surface area contributed by atoms with Crippen LogP contribution in [0.15, 0.2) is 64.9 Å². The number of amides is 1. The Kier molecular flexibility index (Phi) is 5.24. The first kappa shape index (κ1) is 16.0. The van der Waals surface area contributed by atoms with E-state index in [9.17, 15) is 19.8 Å². The van der Waals surface area contributed by atoms with Gasteiger partial charge in [0.2, 0.25) is 0 Å². The fourth-order valence-electron chi connectivity index (χ4n) is 1.89. The molecule has 0 unspecified atom stereocenters. The zero-order valence-electron chi connectivity index (χ0n) is 11.9. The quantitative estimate of drug-likeness (QED) is 0.382. The average Bonchev–Trinajstić information content (AvgIpc) is 2.59. The van der Waals surface area contributed by atoms with Crippen molar-refractivity contribution in [2.24, 2.45) is 10.3 Å². The summed E-state index contributed by atoms with van der Waals surface area (Å²) in [5, 5.41) is 17.6. The number of rotatable bonds is 6. The molecule has 0 radical (unpaired) electrons. The smallest absolute Gasteiger partial charge is 0.267 e. The predicted octanol–water partition coefficient (Wildman–Crippen LogP) is 2.50. The standard InChI is InChI=1S/C15H12N4O4/c20-15(12-8-4-5-9-14(12)19(22)23)18-17-13(10-16-21)11-6-2-1-3-7-11/h1-9H,10H2,(H,18,20). The molecule has 2 aromatic carbocycles. The maximum Gasteiger partial charge on any atom is 0.282 e. The molecule has 0 atom stereocenters. The van der Waals surface area contributed by atoms with Crippen molar-refractivity contribution in [1.29, 1.82) is 0 Å². The molecule has 0 bridgehead atoms. The SMILES string of the molecule is O=NCC(=NNC(=O)c1ccccc1[N+](=O)[O-])c1ccccc1. The van der Waals surface area contributed by atoms with Gasteiger partial charge in [-0.15, -0.1) is 0 Å². The second-order valence-electron chi connectivity index (χ2n) is 4.43. The summed E-state index contributed by atoms with van der Waals surface area (Å²) < 4.78 is 0. The van der Waals surface area contributed by atoms with Crippen LogP contribution >= 0.6 is 0 Å². The Labute approximate surface area is 131 Å². The zero-order valence-corrected chi connectivity index (χ0v) is 11.9. The molecule has 0 aliphatic rings. The van der Waals surface area contributed by atoms with Crippen LogP contribution in [0.5, 0.6) is 0 Å². The van der Waals surface area contributed by atoms with Crippen molar-refractivity contribution in [3.63, 3.8) is 0 Å². The lowest BCUT2D eigenvalue weighted by Crippen LogP contribution is -2.22. The van der Waals surface area contributed by atoms with Gasteiger partial charge in [-0.25, -0.2) is 5.43 Å². The van der Waals surface area contributed by atoms with Crippen LogP contribution < -0.4 is 5.43 Å². The summed E-state index contributed by atoms with van der Waals surface area (Å²) in [6.45, 7) is -0.235. The second kappa shape index (κ2) is 7.55. The molecule has 2 aromatic rings. The van der Waals surface area contributed by atoms with Gasteiger partial charge in [-0.3, -0.25) is 14.9 Å². The Morgan fingerprint density at radius 1 is 1.09 bits per heavy atom. The van der Waals surface area contributed by atoms with E-state index in [2.05, 4.69) is 15.7 Å². The molecule has 116 valence electrons. The van der Waals surface area contributed by atoms with Gasteiger partial charge in [0.25, 0.3) is 11.6 Å². The summed E-state index contributed by atoms with van der Waals surface area (Å²) in [6, 6.07) is 14.2. The molecule has 1 amide bonds. The van der Waals surface area contributed by atoms with E-state index in [0.29, 0.717) is 5.56 Å². The van der Waals surface area contributed by atoms with Crippen LogP contribution in [0.3, 0.4) is 0 Å². The van der Waals surface area contributed by atoms with Crippen molar-refractivity contribution in [3.8, 4) is 0 Å². The molecule has 8 nitrogen and oxygen atoms in total. The Hall–Kier alpha value is -3.42. The van der Waals surface area contributed by atoms with E-state index in [1.807, 2.05) is 0 Å². The average molecular weight is 312 g/mol. The van der Waals surface area contributed by atoms with Gasteiger partial charge in [-0.05, 0) is 11.6 Å². The number of nitrogens with one attached hydrogen (secondary N) is 1. The Balaban J connectivity index is 2.25. The maximum atomic E-state index is 12.1. The number of hydrogen-bond acceptors (Lipinski definition) is 6. The van der Waals surface area contributed by atoms with Crippen LogP contribution in [0.25, 0.3) is 0 Å². The number of nitro benzene ring substituents is 1. The van der Waals surface area contributed by atoms with Crippen molar-refractivity contribution in [2.75, 3.05) is 6.54 Å². The molecule has 0 aliphatic carbocycles. The fourth-order valence-corrected chi connectivity index (χ4v) is 1.89. The molecule has 23 heavy (non-hydrogen) atoms. The molecule has 1 N–H and O–H groups in total. The predicted molar refractivity (Wildman–Crippen MR) is 84.2 cm³/mol. The number of hydrazone groups is 1. The molecular formula is C15H12N4O4. The first-order chi connectivity index (χ1) is 11.1. The highest BCUT2D eigenvalue weighted by Crippen LogP contribution is 2.17. The number of hydrogen-bond donors (Lipinski definition) is 1. The molecule has 0 saturated heterocycles. The number of nitroso groups, excluding NO2 is 1. The largest absolute Gasteiger partial charge is 0.282 e. The van der Waals surface area contributed by atoms with Crippen LogP contribution in [-0.2, 0) is 0 Å². The van der Waals surface area contributed by atoms with Crippen molar-refractivity contribution < 1.29 is 9.72 Å². The van der Waals surface area contributed by atoms with E-state index in [4.69, 9.17) is 0 Å². The Morgan fingerprint density at radius 3 is 2.39 bits per heavy atom. The van der Waals surface area contributed by atoms with Crippen molar-refractivity contribution >= 4 is 17.3 Å². The van der Waals surface area contributed by atoms with Crippen molar-refractivity contribution in [3.05, 3.63) is 80.7 Å². The number of benzene rings is 2. The van der Waals surface area contributed by atoms with Gasteiger partial charge in [0.05, 0.1) is 10.6 Å². The van der Waals surface area contributed by atoms with E-state index in [-0.39, 0.29) is 23.5 Å². The number of carbonyl (C=O) groups is 1. The minimum Gasteiger partial charge on any atom is -0.267 e. The molecule has 0 saturated carbocycles. The van der Waals surface area contributed by atoms with Gasteiger partial charge in [0.1, 0.15) is 12.1 Å². The van der Waals surface area contributed by atoms with Gasteiger partial charge in [-0.2, -0.15) is 10.0 Å². The minimum atomic E-state index is -0.739. The Bertz CT molecular complexity index is 759. The third-order valence-electron chi connectivity index (χ3n) is 2.96. The van der Waals surface area contributed by atoms with Gasteiger partial charge in [0, 0.05) is 6.07 Å². The topological polar surface area (TPSA) is 114 Å². The highest BCUT2D eigenvalue weighted by Gasteiger charge is 2.19. The summed E-state index contributed by atoms with van der Waals surface area (Å²) in [5.74, 6) is -0.739. The van der Waals surface area contributed by atoms with Crippen LogP contribution in [0, 0.1) is 15.0 Å². The first-order valence-corrected chi connectivity index (χ1v) is 6.58. The van der Waals surface area contributed by atoms with E-state index in [0.717, 1.165) is 0 Å². The van der Waals surface area contributed by atoms with E-state index in [1.54, 1.807) is 30.3 Å². The lowest BCUT2D eigenvalue weighted by atomic mass is 10.1. The number of para-hydroxylation sites is 1. The van der Waals surface area contributed by atoms with Crippen LogP contribution in [0.4, 0.5) is 5.69 Å². The second-order valence-corrected chi connectivity index (χ2v) is 4.43. The first-order valence-electron chi connectivity index (χ1n) is 6.58. The summed E-state index contributed by atoms with van der Waals surface area (Å²) in [7, 11) is 0. The summed E-state index contributed by atoms with van der Waals surface area (Å²) in [6.07, 6.45) is 0. The van der Waals surface area contributed by atoms with Crippen LogP contribution in [0.2, 0.25) is 0 Å². The van der Waals surface area contributed by atoms with Crippen LogP contribution in [0.1, 0.15) is 15.9 Å². The molecular weight excluding hydrogens is 300 g/mol. The summed E-state index contributed by atoms with van der Waals surface area (Å²) in [5.41, 5.74) is 2.66. The lowest BCUT2D eigenvalue weighted by molar-refractivity contribution is -0.385. The number of carbonyl (C=O) groups excluding carboxylic acids is 1. The molecule has 0 heterocycles. The van der Waals surface area contributed by atoms with Crippen molar-refractivity contribution in [2.45, 2.75) is 0 Å². The highest BCUT2D eigenvalue weighted by molar-refractivity contribution is 6.04. The number of nitro groups is 1. The normalized spacial score (nSPS) is 10.9. The summed E-state index contributed by atoms with van der Waals surface area (Å²) >= 11 is 0. The summed E-state index contributed by atoms with van der Waals surface area (Å²) in [4.78, 5) is 32.9. The van der Waals surface area contributed by atoms with Crippen molar-refractivity contribution in [1.82, 2.24) is 5.43 Å². The Morgan fingerprint density at radius 2 is 1.74 bits per heavy atom. The highest BCUT2D eigenvalue weighted by atomic mass is 16.6. The van der Waals surface area contributed by atoms with Gasteiger partial charge < -0.3 is 0 Å². The number of nitrogens with zero attached hydrogens (tertiary/aromatic N) is 3. The van der Waals surface area contributed by atoms with Gasteiger partial charge >= 0.3 is 0 Å². The maximum absolute atomic E-state index is 12.1. The van der Waals surface area contributed by atoms with Gasteiger partial charge in [0.15, 0.2) is 0 Å². The fraction of sp³-hybridized carbons (Fsp3) is 0.0667. The molecule has 0 fully saturated rings. The molecule has 2 rings (SSSR count). The van der Waals surface area contributed by atoms with E-state index < -0.39 is 10.8 Å². The minimum absolute atomic E-state index is 0.118. The molecule has 0 spiro atoms. The third-order valence-corrected chi connectivity index (χ3v) is 2.96. The van der Waals surface area contributed by atoms with E-state index >= 15 is 0 Å². The molecule has 0 aliphatic heterocycles. The molecule has 0 aromatic heterocycles.